The topological polar surface area (TPSA) is 112 Å². The highest BCUT2D eigenvalue weighted by Crippen LogP contribution is 2.33. The molecule has 0 saturated heterocycles. The smallest absolute Gasteiger partial charge is 0.333 e. The molecule has 0 atom stereocenters. The number of aryl methyl sites for hydroxylation is 1. The SMILES string of the molecule is COc1ccc(-c2noc(-c3ccc4c(=O)n(-c5ccc(C)cc5)c(=O)[nH]c4c3)n2)c(OC)c1. The average Bonchev–Trinajstić information content (AvgIpc) is 3.34. The van der Waals surface area contributed by atoms with Crippen LogP contribution in [0.1, 0.15) is 5.56 Å². The molecule has 0 aliphatic carbocycles. The van der Waals surface area contributed by atoms with Gasteiger partial charge < -0.3 is 19.0 Å². The predicted octanol–water partition coefficient (Wildman–Crippen LogP) is 3.72. The molecule has 34 heavy (non-hydrogen) atoms. The van der Waals surface area contributed by atoms with Gasteiger partial charge in [0.15, 0.2) is 0 Å². The van der Waals surface area contributed by atoms with E-state index in [0.717, 1.165) is 10.1 Å². The average molecular weight is 456 g/mol. The summed E-state index contributed by atoms with van der Waals surface area (Å²) >= 11 is 0. The zero-order chi connectivity index (χ0) is 23.8. The molecule has 2 heterocycles. The molecule has 0 spiro atoms. The van der Waals surface area contributed by atoms with Crippen LogP contribution in [0.3, 0.4) is 0 Å². The van der Waals surface area contributed by atoms with Crippen LogP contribution in [0.4, 0.5) is 0 Å². The Hall–Kier alpha value is -4.66. The van der Waals surface area contributed by atoms with Crippen molar-refractivity contribution in [2.24, 2.45) is 0 Å². The number of aromatic amines is 1. The molecule has 9 heteroatoms. The van der Waals surface area contributed by atoms with E-state index in [1.807, 2.05) is 19.1 Å². The molecule has 5 aromatic rings. The normalized spacial score (nSPS) is 11.0. The van der Waals surface area contributed by atoms with Crippen molar-refractivity contribution in [3.8, 4) is 40.0 Å². The number of hydrogen-bond acceptors (Lipinski definition) is 7. The number of rotatable bonds is 5. The fraction of sp³-hybridized carbons (Fsp3) is 0.120. The molecular formula is C25H20N4O5. The number of hydrogen-bond donors (Lipinski definition) is 1. The molecule has 3 aromatic carbocycles. The molecule has 0 bridgehead atoms. The van der Waals surface area contributed by atoms with Crippen LogP contribution in [0.25, 0.3) is 39.4 Å². The van der Waals surface area contributed by atoms with E-state index < -0.39 is 11.2 Å². The second-order valence-corrected chi connectivity index (χ2v) is 7.66. The highest BCUT2D eigenvalue weighted by atomic mass is 16.5. The Morgan fingerprint density at radius 3 is 2.47 bits per heavy atom. The highest BCUT2D eigenvalue weighted by molar-refractivity contribution is 5.82. The fourth-order valence-electron chi connectivity index (χ4n) is 3.71. The summed E-state index contributed by atoms with van der Waals surface area (Å²) in [5.41, 5.74) is 2.15. The van der Waals surface area contributed by atoms with Gasteiger partial charge in [-0.2, -0.15) is 4.98 Å². The van der Waals surface area contributed by atoms with Gasteiger partial charge >= 0.3 is 5.69 Å². The first-order chi connectivity index (χ1) is 16.5. The molecule has 0 radical (unpaired) electrons. The zero-order valence-electron chi connectivity index (χ0n) is 18.7. The zero-order valence-corrected chi connectivity index (χ0v) is 18.7. The molecule has 1 N–H and O–H groups in total. The third-order valence-corrected chi connectivity index (χ3v) is 5.51. The summed E-state index contributed by atoms with van der Waals surface area (Å²) in [7, 11) is 3.11. The first-order valence-corrected chi connectivity index (χ1v) is 10.4. The number of ether oxygens (including phenoxy) is 2. The van der Waals surface area contributed by atoms with Crippen molar-refractivity contribution in [2.45, 2.75) is 6.92 Å². The van der Waals surface area contributed by atoms with Gasteiger partial charge in [-0.25, -0.2) is 9.36 Å². The van der Waals surface area contributed by atoms with Crippen LogP contribution < -0.4 is 20.7 Å². The standard InChI is InChI=1S/C25H20N4O5/c1-14-4-7-16(8-5-14)29-24(30)18-10-6-15(12-20(18)26-25(29)31)23-27-22(28-34-23)19-11-9-17(32-2)13-21(19)33-3/h4-13H,1-3H3,(H,26,31). The molecule has 170 valence electrons. The number of benzene rings is 3. The first kappa shape index (κ1) is 21.2. The van der Waals surface area contributed by atoms with Crippen molar-refractivity contribution in [1.29, 1.82) is 0 Å². The van der Waals surface area contributed by atoms with E-state index in [1.165, 1.54) is 0 Å². The largest absolute Gasteiger partial charge is 0.497 e. The van der Waals surface area contributed by atoms with Gasteiger partial charge in [-0.05, 0) is 49.4 Å². The molecule has 0 saturated carbocycles. The number of fused-ring (bicyclic) bond motifs is 1. The molecule has 0 aliphatic rings. The summed E-state index contributed by atoms with van der Waals surface area (Å²) in [5.74, 6) is 1.74. The van der Waals surface area contributed by atoms with E-state index in [9.17, 15) is 9.59 Å². The summed E-state index contributed by atoms with van der Waals surface area (Å²) < 4.78 is 17.2. The number of aromatic nitrogens is 4. The van der Waals surface area contributed by atoms with E-state index in [1.54, 1.807) is 62.8 Å². The molecular weight excluding hydrogens is 436 g/mol. The fourth-order valence-corrected chi connectivity index (χ4v) is 3.71. The Balaban J connectivity index is 1.56. The minimum Gasteiger partial charge on any atom is -0.497 e. The third kappa shape index (κ3) is 3.62. The van der Waals surface area contributed by atoms with Gasteiger partial charge in [-0.15, -0.1) is 0 Å². The number of nitrogens with zero attached hydrogens (tertiary/aromatic N) is 3. The minimum atomic E-state index is -0.535. The van der Waals surface area contributed by atoms with Crippen molar-refractivity contribution in [2.75, 3.05) is 14.2 Å². The number of nitrogens with one attached hydrogen (secondary N) is 1. The maximum atomic E-state index is 13.1. The van der Waals surface area contributed by atoms with Gasteiger partial charge in [0.1, 0.15) is 11.5 Å². The van der Waals surface area contributed by atoms with Crippen LogP contribution >= 0.6 is 0 Å². The summed E-state index contributed by atoms with van der Waals surface area (Å²) in [6.45, 7) is 1.94. The lowest BCUT2D eigenvalue weighted by atomic mass is 10.1. The number of methoxy groups -OCH3 is 2. The molecule has 0 amide bonds. The lowest BCUT2D eigenvalue weighted by molar-refractivity contribution is 0.394. The number of H-pyrrole nitrogens is 1. The highest BCUT2D eigenvalue weighted by Gasteiger charge is 2.17. The molecule has 0 fully saturated rings. The summed E-state index contributed by atoms with van der Waals surface area (Å²) in [4.78, 5) is 33.0. The molecule has 0 aliphatic heterocycles. The summed E-state index contributed by atoms with van der Waals surface area (Å²) in [6, 6.07) is 17.4. The van der Waals surface area contributed by atoms with Crippen molar-refractivity contribution in [1.82, 2.24) is 19.7 Å². The van der Waals surface area contributed by atoms with Gasteiger partial charge in [-0.1, -0.05) is 22.9 Å². The molecule has 5 rings (SSSR count). The monoisotopic (exact) mass is 456 g/mol. The van der Waals surface area contributed by atoms with Gasteiger partial charge in [0, 0.05) is 11.6 Å². The Kier molecular flexibility index (Phi) is 5.21. The molecule has 0 unspecified atom stereocenters. The van der Waals surface area contributed by atoms with E-state index >= 15 is 0 Å². The molecule has 9 nitrogen and oxygen atoms in total. The lowest BCUT2D eigenvalue weighted by Gasteiger charge is -2.07. The van der Waals surface area contributed by atoms with Crippen molar-refractivity contribution >= 4 is 10.9 Å². The van der Waals surface area contributed by atoms with E-state index in [2.05, 4.69) is 15.1 Å². The second kappa shape index (κ2) is 8.36. The van der Waals surface area contributed by atoms with Gasteiger partial charge in [-0.3, -0.25) is 4.79 Å². The van der Waals surface area contributed by atoms with Crippen molar-refractivity contribution in [3.05, 3.63) is 87.1 Å². The lowest BCUT2D eigenvalue weighted by Crippen LogP contribution is -2.33. The van der Waals surface area contributed by atoms with Crippen molar-refractivity contribution in [3.63, 3.8) is 0 Å². The maximum Gasteiger partial charge on any atom is 0.333 e. The summed E-state index contributed by atoms with van der Waals surface area (Å²) in [5, 5.41) is 4.42. The Morgan fingerprint density at radius 1 is 0.941 bits per heavy atom. The van der Waals surface area contributed by atoms with Gasteiger partial charge in [0.25, 0.3) is 11.4 Å². The van der Waals surface area contributed by atoms with E-state index in [0.29, 0.717) is 45.0 Å². The third-order valence-electron chi connectivity index (χ3n) is 5.51. The first-order valence-electron chi connectivity index (χ1n) is 10.4. The van der Waals surface area contributed by atoms with Crippen LogP contribution in [-0.2, 0) is 0 Å². The van der Waals surface area contributed by atoms with Gasteiger partial charge in [0.05, 0.1) is 36.4 Å². The maximum absolute atomic E-state index is 13.1. The van der Waals surface area contributed by atoms with E-state index in [-0.39, 0.29) is 5.89 Å². The second-order valence-electron chi connectivity index (χ2n) is 7.66. The van der Waals surface area contributed by atoms with E-state index in [4.69, 9.17) is 14.0 Å². The van der Waals surface area contributed by atoms with Crippen LogP contribution in [0.15, 0.2) is 74.8 Å². The Bertz CT molecular complexity index is 1630. The Labute approximate surface area is 193 Å². The van der Waals surface area contributed by atoms with Gasteiger partial charge in [0.2, 0.25) is 5.82 Å². The predicted molar refractivity (Wildman–Crippen MR) is 127 cm³/mol. The van der Waals surface area contributed by atoms with Crippen LogP contribution in [0, 0.1) is 6.92 Å². The molecule has 2 aromatic heterocycles. The van der Waals surface area contributed by atoms with Crippen molar-refractivity contribution < 1.29 is 14.0 Å². The van der Waals surface area contributed by atoms with Crippen LogP contribution in [0.2, 0.25) is 0 Å². The minimum absolute atomic E-state index is 0.235. The summed E-state index contributed by atoms with van der Waals surface area (Å²) in [6.07, 6.45) is 0. The van der Waals surface area contributed by atoms with Crippen LogP contribution in [-0.4, -0.2) is 33.9 Å². The van der Waals surface area contributed by atoms with Crippen LogP contribution in [0.5, 0.6) is 11.5 Å². The quantitative estimate of drug-likeness (QED) is 0.429. The Morgan fingerprint density at radius 2 is 1.74 bits per heavy atom.